The van der Waals surface area contributed by atoms with Gasteiger partial charge in [-0.2, -0.15) is 0 Å². The summed E-state index contributed by atoms with van der Waals surface area (Å²) in [5.74, 6) is 0.436. The molecule has 4 aromatic rings. The van der Waals surface area contributed by atoms with Crippen LogP contribution in [-0.2, 0) is 5.75 Å². The average Bonchev–Trinajstić information content (AvgIpc) is 3.19. The molecule has 0 saturated carbocycles. The zero-order chi connectivity index (χ0) is 22.5. The van der Waals surface area contributed by atoms with Crippen LogP contribution >= 0.6 is 35.3 Å². The Labute approximate surface area is 199 Å². The van der Waals surface area contributed by atoms with E-state index in [-0.39, 0.29) is 11.7 Å². The number of hydrogen-bond donors (Lipinski definition) is 1. The number of thioether (sulfide) groups is 1. The fraction of sp³-hybridized carbons (Fsp3) is 0.0833. The Hall–Kier alpha value is -3.07. The van der Waals surface area contributed by atoms with Crippen LogP contribution in [0.2, 0.25) is 0 Å². The van der Waals surface area contributed by atoms with Crippen LogP contribution in [0.3, 0.4) is 0 Å². The van der Waals surface area contributed by atoms with Gasteiger partial charge in [0.1, 0.15) is 0 Å². The molecule has 0 spiro atoms. The van der Waals surface area contributed by atoms with Gasteiger partial charge in [0.25, 0.3) is 5.91 Å². The van der Waals surface area contributed by atoms with Crippen LogP contribution in [0.5, 0.6) is 0 Å². The lowest BCUT2D eigenvalue weighted by Gasteiger charge is -2.09. The predicted molar refractivity (Wildman–Crippen MR) is 133 cm³/mol. The van der Waals surface area contributed by atoms with E-state index < -0.39 is 0 Å². The van der Waals surface area contributed by atoms with Gasteiger partial charge in [-0.05, 0) is 61.1 Å². The van der Waals surface area contributed by atoms with Crippen molar-refractivity contribution in [3.05, 3.63) is 99.5 Å². The maximum Gasteiger partial charge on any atom is 0.255 e. The standard InChI is InChI=1S/C24H19N3O2S3/c1-16(28)20-9-5-6-10-21(20)25-22(29)18-11-13-19(14-12-18)27-24(30)32-23(26-27)31-15-17-7-3-2-4-8-17/h2-14H,15H2,1H3,(H,25,29). The molecule has 0 radical (unpaired) electrons. The fourth-order valence-corrected chi connectivity index (χ4v) is 5.37. The molecule has 0 aliphatic rings. The molecule has 0 unspecified atom stereocenters. The number of carbonyl (C=O) groups excluding carboxylic acids is 2. The summed E-state index contributed by atoms with van der Waals surface area (Å²) >= 11 is 8.60. The third kappa shape index (κ3) is 5.21. The smallest absolute Gasteiger partial charge is 0.255 e. The second-order valence-corrected chi connectivity index (χ2v) is 9.77. The third-order valence-electron chi connectivity index (χ3n) is 4.66. The summed E-state index contributed by atoms with van der Waals surface area (Å²) in [5, 5.41) is 7.44. The van der Waals surface area contributed by atoms with Crippen LogP contribution in [0.1, 0.15) is 33.2 Å². The average molecular weight is 478 g/mol. The Morgan fingerprint density at radius 2 is 1.69 bits per heavy atom. The quantitative estimate of drug-likeness (QED) is 0.189. The van der Waals surface area contributed by atoms with Gasteiger partial charge in [0.15, 0.2) is 14.1 Å². The Balaban J connectivity index is 1.47. The molecule has 0 bridgehead atoms. The van der Waals surface area contributed by atoms with Crippen LogP contribution in [-0.4, -0.2) is 21.5 Å². The predicted octanol–water partition coefficient (Wildman–Crippen LogP) is 6.41. The summed E-state index contributed by atoms with van der Waals surface area (Å²) < 4.78 is 3.25. The van der Waals surface area contributed by atoms with Crippen LogP contribution in [0.15, 0.2) is 83.2 Å². The molecule has 160 valence electrons. The van der Waals surface area contributed by atoms with Gasteiger partial charge in [-0.1, -0.05) is 65.6 Å². The van der Waals surface area contributed by atoms with Crippen molar-refractivity contribution >= 4 is 52.7 Å². The van der Waals surface area contributed by atoms with Crippen molar-refractivity contribution in [1.29, 1.82) is 0 Å². The topological polar surface area (TPSA) is 64.0 Å². The fourth-order valence-electron chi connectivity index (χ4n) is 3.05. The van der Waals surface area contributed by atoms with Crippen molar-refractivity contribution < 1.29 is 9.59 Å². The number of nitrogens with zero attached hydrogens (tertiary/aromatic N) is 2. The number of rotatable bonds is 7. The highest BCUT2D eigenvalue weighted by atomic mass is 32.2. The van der Waals surface area contributed by atoms with Gasteiger partial charge in [-0.25, -0.2) is 4.68 Å². The summed E-state index contributed by atoms with van der Waals surface area (Å²) in [6, 6.07) is 24.2. The van der Waals surface area contributed by atoms with Crippen molar-refractivity contribution in [2.45, 2.75) is 17.0 Å². The van der Waals surface area contributed by atoms with Crippen LogP contribution in [0.4, 0.5) is 5.69 Å². The number of carbonyl (C=O) groups is 2. The van der Waals surface area contributed by atoms with Gasteiger partial charge < -0.3 is 5.32 Å². The highest BCUT2D eigenvalue weighted by Crippen LogP contribution is 2.27. The Kier molecular flexibility index (Phi) is 6.94. The first-order valence-corrected chi connectivity index (χ1v) is 12.0. The van der Waals surface area contributed by atoms with Crippen molar-refractivity contribution in [1.82, 2.24) is 9.78 Å². The van der Waals surface area contributed by atoms with E-state index in [2.05, 4.69) is 22.5 Å². The molecular formula is C24H19N3O2S3. The number of nitrogens with one attached hydrogen (secondary N) is 1. The normalized spacial score (nSPS) is 10.7. The van der Waals surface area contributed by atoms with Crippen LogP contribution in [0, 0.1) is 3.95 Å². The second-order valence-electron chi connectivity index (χ2n) is 6.92. The van der Waals surface area contributed by atoms with E-state index in [9.17, 15) is 9.59 Å². The van der Waals surface area contributed by atoms with E-state index in [1.165, 1.54) is 23.8 Å². The molecule has 1 heterocycles. The van der Waals surface area contributed by atoms with Gasteiger partial charge in [-0.3, -0.25) is 9.59 Å². The number of para-hydroxylation sites is 1. The minimum Gasteiger partial charge on any atom is -0.321 e. The van der Waals surface area contributed by atoms with Gasteiger partial charge in [0.05, 0.1) is 11.4 Å². The first kappa shape index (κ1) is 22.1. The molecule has 5 nitrogen and oxygen atoms in total. The van der Waals surface area contributed by atoms with E-state index in [0.29, 0.717) is 20.8 Å². The molecule has 3 aromatic carbocycles. The summed E-state index contributed by atoms with van der Waals surface area (Å²) in [4.78, 5) is 24.4. The highest BCUT2D eigenvalue weighted by molar-refractivity contribution is 8.00. The van der Waals surface area contributed by atoms with E-state index >= 15 is 0 Å². The highest BCUT2D eigenvalue weighted by Gasteiger charge is 2.12. The summed E-state index contributed by atoms with van der Waals surface area (Å²) in [6.45, 7) is 1.48. The molecule has 0 fully saturated rings. The SMILES string of the molecule is CC(=O)c1ccccc1NC(=O)c1ccc(-n2nc(SCc3ccccc3)sc2=S)cc1. The molecule has 1 amide bonds. The van der Waals surface area contributed by atoms with Gasteiger partial charge in [0.2, 0.25) is 0 Å². The van der Waals surface area contributed by atoms with E-state index in [4.69, 9.17) is 12.2 Å². The van der Waals surface area contributed by atoms with Crippen LogP contribution in [0.25, 0.3) is 5.69 Å². The molecule has 8 heteroatoms. The van der Waals surface area contributed by atoms with E-state index in [1.54, 1.807) is 52.8 Å². The molecular weight excluding hydrogens is 458 g/mol. The molecule has 0 aliphatic carbocycles. The molecule has 0 saturated heterocycles. The molecule has 1 N–H and O–H groups in total. The molecule has 0 atom stereocenters. The lowest BCUT2D eigenvalue weighted by Crippen LogP contribution is -2.14. The lowest BCUT2D eigenvalue weighted by molar-refractivity contribution is 0.101. The lowest BCUT2D eigenvalue weighted by atomic mass is 10.1. The Morgan fingerprint density at radius 3 is 2.41 bits per heavy atom. The van der Waals surface area contributed by atoms with E-state index in [1.807, 2.05) is 30.3 Å². The van der Waals surface area contributed by atoms with Gasteiger partial charge in [0, 0.05) is 16.9 Å². The zero-order valence-corrected chi connectivity index (χ0v) is 19.6. The number of anilines is 1. The number of Topliss-reactive ketones (excluding diaryl/α,β-unsaturated/α-hetero) is 1. The minimum atomic E-state index is -0.286. The maximum absolute atomic E-state index is 12.7. The Bertz CT molecular complexity index is 1310. The first-order valence-electron chi connectivity index (χ1n) is 9.80. The van der Waals surface area contributed by atoms with Gasteiger partial charge in [-0.15, -0.1) is 5.10 Å². The maximum atomic E-state index is 12.7. The van der Waals surface area contributed by atoms with Crippen molar-refractivity contribution in [2.75, 3.05) is 5.32 Å². The largest absolute Gasteiger partial charge is 0.321 e. The van der Waals surface area contributed by atoms with E-state index in [0.717, 1.165) is 15.8 Å². The monoisotopic (exact) mass is 477 g/mol. The molecule has 4 rings (SSSR count). The van der Waals surface area contributed by atoms with Crippen molar-refractivity contribution in [2.24, 2.45) is 0 Å². The third-order valence-corrected chi connectivity index (χ3v) is 7.10. The first-order chi connectivity index (χ1) is 15.5. The van der Waals surface area contributed by atoms with Gasteiger partial charge >= 0.3 is 0 Å². The molecule has 0 aliphatic heterocycles. The second kappa shape index (κ2) is 10.0. The summed E-state index contributed by atoms with van der Waals surface area (Å²) in [6.07, 6.45) is 0. The summed E-state index contributed by atoms with van der Waals surface area (Å²) in [5.41, 5.74) is 3.47. The zero-order valence-electron chi connectivity index (χ0n) is 17.1. The number of amides is 1. The summed E-state index contributed by atoms with van der Waals surface area (Å²) in [7, 11) is 0. The van der Waals surface area contributed by atoms with Crippen LogP contribution < -0.4 is 5.32 Å². The van der Waals surface area contributed by atoms with Crippen molar-refractivity contribution in [3.63, 3.8) is 0 Å². The van der Waals surface area contributed by atoms with Crippen molar-refractivity contribution in [3.8, 4) is 5.69 Å². The molecule has 1 aromatic heterocycles. The number of ketones is 1. The number of benzene rings is 3. The minimum absolute atomic E-state index is 0.102. The number of aromatic nitrogens is 2. The number of hydrogen-bond acceptors (Lipinski definition) is 6. The molecule has 32 heavy (non-hydrogen) atoms. The Morgan fingerprint density at radius 1 is 1.00 bits per heavy atom.